The summed E-state index contributed by atoms with van der Waals surface area (Å²) < 4.78 is 0. The fourth-order valence-corrected chi connectivity index (χ4v) is 0.487. The van der Waals surface area contributed by atoms with E-state index >= 15 is 0 Å². The van der Waals surface area contributed by atoms with Crippen molar-refractivity contribution in [3.8, 4) is 11.8 Å². The van der Waals surface area contributed by atoms with Gasteiger partial charge in [0.15, 0.2) is 0 Å². The van der Waals surface area contributed by atoms with Crippen molar-refractivity contribution in [1.29, 1.82) is 0 Å². The number of aliphatic hydroxyl groups excluding tert-OH is 2. The van der Waals surface area contributed by atoms with Crippen molar-refractivity contribution >= 4 is 0 Å². The molecule has 0 unspecified atom stereocenters. The van der Waals surface area contributed by atoms with E-state index < -0.39 is 6.10 Å². The molecule has 0 heterocycles. The highest BCUT2D eigenvalue weighted by Gasteiger charge is 1.78. The van der Waals surface area contributed by atoms with E-state index in [2.05, 4.69) is 11.8 Å². The zero-order valence-corrected chi connectivity index (χ0v) is 8.20. The van der Waals surface area contributed by atoms with Gasteiger partial charge in [-0.15, -0.1) is 5.92 Å². The van der Waals surface area contributed by atoms with Crippen LogP contribution in [0, 0.1) is 11.8 Å². The molecule has 0 amide bonds. The Bertz CT molecular complexity index is 158. The first-order valence-corrected chi connectivity index (χ1v) is 3.95. The van der Waals surface area contributed by atoms with Crippen LogP contribution >= 0.6 is 0 Å². The van der Waals surface area contributed by atoms with E-state index in [1.165, 1.54) is 0 Å². The maximum absolute atomic E-state index is 8.47. The minimum Gasteiger partial charge on any atom is -0.389 e. The van der Waals surface area contributed by atoms with Crippen molar-refractivity contribution in [2.45, 2.75) is 39.9 Å². The highest BCUT2D eigenvalue weighted by molar-refractivity contribution is 4.99. The molecular formula is C10H18O2. The maximum atomic E-state index is 8.47. The number of hydrogen-bond donors (Lipinski definition) is 2. The van der Waals surface area contributed by atoms with Crippen molar-refractivity contribution in [3.63, 3.8) is 0 Å². The molecule has 12 heavy (non-hydrogen) atoms. The van der Waals surface area contributed by atoms with Crippen molar-refractivity contribution in [1.82, 2.24) is 0 Å². The molecule has 0 aromatic heterocycles. The molecule has 2 N–H and O–H groups in total. The van der Waals surface area contributed by atoms with E-state index in [9.17, 15) is 0 Å². The lowest BCUT2D eigenvalue weighted by molar-refractivity contribution is 0.244. The van der Waals surface area contributed by atoms with Gasteiger partial charge in [-0.2, -0.15) is 0 Å². The molecular weight excluding hydrogens is 152 g/mol. The van der Waals surface area contributed by atoms with Crippen LogP contribution in [0.15, 0.2) is 12.2 Å². The van der Waals surface area contributed by atoms with Gasteiger partial charge in [-0.1, -0.05) is 18.1 Å². The Balaban J connectivity index is 0. The second kappa shape index (κ2) is 10.2. The topological polar surface area (TPSA) is 40.5 Å². The van der Waals surface area contributed by atoms with E-state index in [-0.39, 0.29) is 6.10 Å². The van der Waals surface area contributed by atoms with Gasteiger partial charge in [0.2, 0.25) is 0 Å². The van der Waals surface area contributed by atoms with E-state index in [0.717, 1.165) is 0 Å². The number of aliphatic hydroxyl groups is 2. The molecule has 0 bridgehead atoms. The Labute approximate surface area is 74.9 Å². The minimum absolute atomic E-state index is 0.282. The Morgan fingerprint density at radius 1 is 1.25 bits per heavy atom. The third-order valence-electron chi connectivity index (χ3n) is 0.824. The average Bonchev–Trinajstić information content (AvgIpc) is 1.87. The molecule has 0 radical (unpaired) electrons. The average molecular weight is 170 g/mol. The fraction of sp³-hybridized carbons (Fsp3) is 0.600. The summed E-state index contributed by atoms with van der Waals surface area (Å²) in [7, 11) is 0. The summed E-state index contributed by atoms with van der Waals surface area (Å²) in [6, 6.07) is 0. The van der Waals surface area contributed by atoms with E-state index in [0.29, 0.717) is 0 Å². The zero-order valence-electron chi connectivity index (χ0n) is 8.20. The summed E-state index contributed by atoms with van der Waals surface area (Å²) in [4.78, 5) is 0. The van der Waals surface area contributed by atoms with Gasteiger partial charge in [-0.25, -0.2) is 0 Å². The second-order valence-electron chi connectivity index (χ2n) is 2.34. The lowest BCUT2D eigenvalue weighted by Crippen LogP contribution is -1.91. The standard InChI is InChI=1S/C5H10O.C5H8O/c2*1-3-4-5(2)6/h3-6H,1-2H3;5-6H,1-2H3/b4-3-;/t2*5-/m11/s1. The van der Waals surface area contributed by atoms with Gasteiger partial charge in [0, 0.05) is 0 Å². The molecule has 2 nitrogen and oxygen atoms in total. The van der Waals surface area contributed by atoms with Gasteiger partial charge >= 0.3 is 0 Å². The summed E-state index contributed by atoms with van der Waals surface area (Å²) in [5.41, 5.74) is 0. The number of hydrogen-bond acceptors (Lipinski definition) is 2. The van der Waals surface area contributed by atoms with Crippen LogP contribution in [0.4, 0.5) is 0 Å². The molecule has 0 fully saturated rings. The molecule has 0 spiro atoms. The molecule has 0 aliphatic carbocycles. The summed E-state index contributed by atoms with van der Waals surface area (Å²) in [6.45, 7) is 6.94. The fourth-order valence-electron chi connectivity index (χ4n) is 0.487. The van der Waals surface area contributed by atoms with E-state index in [4.69, 9.17) is 10.2 Å². The highest BCUT2D eigenvalue weighted by atomic mass is 16.3. The van der Waals surface area contributed by atoms with Crippen molar-refractivity contribution in [2.24, 2.45) is 0 Å². The minimum atomic E-state index is -0.463. The van der Waals surface area contributed by atoms with Gasteiger partial charge in [-0.3, -0.25) is 0 Å². The van der Waals surface area contributed by atoms with E-state index in [1.54, 1.807) is 26.8 Å². The summed E-state index contributed by atoms with van der Waals surface area (Å²) in [6.07, 6.45) is 2.80. The monoisotopic (exact) mass is 170 g/mol. The molecule has 2 heteroatoms. The number of allylic oxidation sites excluding steroid dienone is 1. The molecule has 0 rings (SSSR count). The van der Waals surface area contributed by atoms with Crippen LogP contribution in [-0.4, -0.2) is 22.4 Å². The predicted molar refractivity (Wildman–Crippen MR) is 51.6 cm³/mol. The molecule has 0 aliphatic rings. The third-order valence-corrected chi connectivity index (χ3v) is 0.824. The third kappa shape index (κ3) is 22.9. The quantitative estimate of drug-likeness (QED) is 0.460. The number of rotatable bonds is 1. The van der Waals surface area contributed by atoms with Crippen molar-refractivity contribution in [2.75, 3.05) is 0 Å². The molecule has 0 aliphatic heterocycles. The van der Waals surface area contributed by atoms with Gasteiger partial charge in [-0.05, 0) is 27.7 Å². The summed E-state index contributed by atoms with van der Waals surface area (Å²) >= 11 is 0. The Kier molecular flexibility index (Phi) is 11.7. The first-order valence-electron chi connectivity index (χ1n) is 3.95. The van der Waals surface area contributed by atoms with Gasteiger partial charge in [0.25, 0.3) is 0 Å². The molecule has 0 aromatic rings. The smallest absolute Gasteiger partial charge is 0.111 e. The van der Waals surface area contributed by atoms with Gasteiger partial charge in [0.1, 0.15) is 6.10 Å². The van der Waals surface area contributed by atoms with Crippen LogP contribution < -0.4 is 0 Å². The van der Waals surface area contributed by atoms with Crippen LogP contribution in [0.2, 0.25) is 0 Å². The highest BCUT2D eigenvalue weighted by Crippen LogP contribution is 1.78. The Morgan fingerprint density at radius 3 is 1.75 bits per heavy atom. The molecule has 0 saturated carbocycles. The van der Waals surface area contributed by atoms with E-state index in [1.807, 2.05) is 13.0 Å². The maximum Gasteiger partial charge on any atom is 0.111 e. The Morgan fingerprint density at radius 2 is 1.75 bits per heavy atom. The van der Waals surface area contributed by atoms with Crippen LogP contribution in [0.5, 0.6) is 0 Å². The zero-order chi connectivity index (χ0) is 9.98. The first-order chi connectivity index (χ1) is 5.54. The summed E-state index contributed by atoms with van der Waals surface area (Å²) in [5.74, 6) is 5.08. The first kappa shape index (κ1) is 13.8. The van der Waals surface area contributed by atoms with Crippen molar-refractivity contribution < 1.29 is 10.2 Å². The van der Waals surface area contributed by atoms with Crippen LogP contribution in [0.1, 0.15) is 27.7 Å². The molecule has 0 aromatic carbocycles. The van der Waals surface area contributed by atoms with Crippen LogP contribution in [0.25, 0.3) is 0 Å². The normalized spacial score (nSPS) is 13.8. The largest absolute Gasteiger partial charge is 0.389 e. The SMILES string of the molecule is C/C=C\[C@@H](C)O.CC#C[C@@H](C)O. The summed E-state index contributed by atoms with van der Waals surface area (Å²) in [5, 5.41) is 16.8. The van der Waals surface area contributed by atoms with Crippen molar-refractivity contribution in [3.05, 3.63) is 12.2 Å². The lowest BCUT2D eigenvalue weighted by Gasteiger charge is -1.87. The van der Waals surface area contributed by atoms with Crippen LogP contribution in [-0.2, 0) is 0 Å². The van der Waals surface area contributed by atoms with Crippen LogP contribution in [0.3, 0.4) is 0 Å². The second-order valence-corrected chi connectivity index (χ2v) is 2.34. The predicted octanol–water partition coefficient (Wildman–Crippen LogP) is 1.33. The lowest BCUT2D eigenvalue weighted by atomic mass is 10.4. The van der Waals surface area contributed by atoms with Gasteiger partial charge in [0.05, 0.1) is 6.10 Å². The van der Waals surface area contributed by atoms with Gasteiger partial charge < -0.3 is 10.2 Å². The molecule has 2 atom stereocenters. The molecule has 0 saturated heterocycles. The molecule has 70 valence electrons. The Hall–Kier alpha value is -0.780.